The first kappa shape index (κ1) is 61.9. The van der Waals surface area contributed by atoms with E-state index >= 15 is 0 Å². The van der Waals surface area contributed by atoms with Gasteiger partial charge < -0.3 is 34.1 Å². The van der Waals surface area contributed by atoms with Gasteiger partial charge in [0.15, 0.2) is 0 Å². The van der Waals surface area contributed by atoms with E-state index in [0.717, 1.165) is 56.1 Å². The highest BCUT2D eigenvalue weighted by molar-refractivity contribution is 7.25. The first-order valence-corrected chi connectivity index (χ1v) is 36.8. The van der Waals surface area contributed by atoms with Crippen molar-refractivity contribution in [3.63, 3.8) is 0 Å². The van der Waals surface area contributed by atoms with Crippen molar-refractivity contribution >= 4 is 175 Å². The summed E-state index contributed by atoms with van der Waals surface area (Å²) in [4.78, 5) is 0. The van der Waals surface area contributed by atoms with E-state index in [1.807, 2.05) is 35.6 Å². The van der Waals surface area contributed by atoms with E-state index in [9.17, 15) is 0 Å². The second kappa shape index (κ2) is 26.2. The van der Waals surface area contributed by atoms with Crippen molar-refractivity contribution in [2.75, 3.05) is 16.0 Å². The topological polar surface area (TPSA) is 64.0 Å². The number of hydrogen-bond acceptors (Lipinski definition) is 5. The minimum atomic E-state index is 0.889. The van der Waals surface area contributed by atoms with Gasteiger partial charge in [-0.25, -0.2) is 0 Å². The molecule has 0 aliphatic rings. The summed E-state index contributed by atoms with van der Waals surface area (Å²) in [6, 6.07) is 136. The first-order valence-electron chi connectivity index (χ1n) is 35.9. The summed E-state index contributed by atoms with van der Waals surface area (Å²) in [5, 5.41) is 28.4. The number of nitrogens with zero attached hydrogens (tertiary/aromatic N) is 3. The van der Waals surface area contributed by atoms with E-state index in [4.69, 9.17) is 4.42 Å². The van der Waals surface area contributed by atoms with E-state index < -0.39 is 0 Å². The highest BCUT2D eigenvalue weighted by atomic mass is 32.1. The summed E-state index contributed by atoms with van der Waals surface area (Å²) in [5.74, 6) is 0. The van der Waals surface area contributed by atoms with Gasteiger partial charge in [0.1, 0.15) is 11.2 Å². The third-order valence-corrected chi connectivity index (χ3v) is 21.8. The van der Waals surface area contributed by atoms with Crippen molar-refractivity contribution in [2.45, 2.75) is 0 Å². The molecule has 17 aromatic carbocycles. The molecule has 3 N–H and O–H groups in total. The monoisotopic (exact) mass is 1370 g/mol. The van der Waals surface area contributed by atoms with E-state index in [-0.39, 0.29) is 0 Å². The van der Waals surface area contributed by atoms with Gasteiger partial charge in [-0.05, 0) is 190 Å². The quantitative estimate of drug-likeness (QED) is 0.128. The van der Waals surface area contributed by atoms with Gasteiger partial charge >= 0.3 is 0 Å². The van der Waals surface area contributed by atoms with E-state index in [0.29, 0.717) is 0 Å². The number of thiophene rings is 1. The van der Waals surface area contributed by atoms with Crippen molar-refractivity contribution in [1.82, 2.24) is 13.7 Å². The van der Waals surface area contributed by atoms with Gasteiger partial charge in [0.25, 0.3) is 0 Å². The second-order valence-corrected chi connectivity index (χ2v) is 28.1. The third-order valence-electron chi connectivity index (χ3n) is 20.6. The highest BCUT2D eigenvalue weighted by Crippen LogP contribution is 2.43. The van der Waals surface area contributed by atoms with E-state index in [1.165, 1.54) is 135 Å². The summed E-state index contributed by atoms with van der Waals surface area (Å²) in [6.07, 6.45) is 0. The van der Waals surface area contributed by atoms with Crippen molar-refractivity contribution < 1.29 is 4.42 Å². The molecule has 0 aliphatic heterocycles. The summed E-state index contributed by atoms with van der Waals surface area (Å²) in [6.45, 7) is 0. The Kier molecular flexibility index (Phi) is 15.3. The Bertz CT molecular complexity index is 7090. The normalized spacial score (nSPS) is 11.6. The van der Waals surface area contributed by atoms with Crippen LogP contribution in [0.1, 0.15) is 0 Å². The summed E-state index contributed by atoms with van der Waals surface area (Å²) in [5.41, 5.74) is 21.4. The molecule has 0 amide bonds. The van der Waals surface area contributed by atoms with Crippen LogP contribution in [0.4, 0.5) is 34.1 Å². The third kappa shape index (κ3) is 11.2. The fraction of sp³-hybridized carbons (Fsp3) is 0. The number of para-hydroxylation sites is 6. The molecule has 0 atom stereocenters. The van der Waals surface area contributed by atoms with Crippen molar-refractivity contribution in [3.8, 4) is 28.2 Å². The molecular formula is C98H66N6OS. The predicted octanol–water partition coefficient (Wildman–Crippen LogP) is 27.8. The van der Waals surface area contributed by atoms with Crippen molar-refractivity contribution in [3.05, 3.63) is 382 Å². The minimum absolute atomic E-state index is 0.889. The van der Waals surface area contributed by atoms with Crippen LogP contribution in [0, 0.1) is 0 Å². The first-order chi connectivity index (χ1) is 52.5. The largest absolute Gasteiger partial charge is 0.456 e. The van der Waals surface area contributed by atoms with Crippen LogP contribution < -0.4 is 16.0 Å². The zero-order valence-electron chi connectivity index (χ0n) is 57.5. The Balaban J connectivity index is 0.000000106. The predicted molar refractivity (Wildman–Crippen MR) is 452 cm³/mol. The number of benzene rings is 17. The van der Waals surface area contributed by atoms with Crippen molar-refractivity contribution in [2.24, 2.45) is 0 Å². The molecule has 500 valence electrons. The lowest BCUT2D eigenvalue weighted by Gasteiger charge is -2.10. The lowest BCUT2D eigenvalue weighted by atomic mass is 10.0. The molecule has 8 heteroatoms. The van der Waals surface area contributed by atoms with Crippen LogP contribution >= 0.6 is 11.3 Å². The molecule has 22 aromatic rings. The molecule has 0 fully saturated rings. The highest BCUT2D eigenvalue weighted by Gasteiger charge is 2.19. The van der Waals surface area contributed by atoms with Gasteiger partial charge in [0.2, 0.25) is 0 Å². The Labute approximate surface area is 614 Å². The van der Waals surface area contributed by atoms with Crippen LogP contribution in [0.5, 0.6) is 0 Å². The van der Waals surface area contributed by atoms with Crippen LogP contribution in [0.25, 0.3) is 157 Å². The molecule has 0 unspecified atom stereocenters. The van der Waals surface area contributed by atoms with Crippen LogP contribution in [-0.4, -0.2) is 13.7 Å². The number of fused-ring (bicyclic) bond motifs is 18. The lowest BCUT2D eigenvalue weighted by molar-refractivity contribution is 0.669. The Hall–Kier alpha value is -13.9. The maximum atomic E-state index is 6.06. The standard InChI is InChI=1S/C36H24N2O.C34H22N2S.C28H20N2/c1-2-8-28(9-3-1)38-33-12-6-4-10-29(33)30-20-16-25(22-34(30)38)24-14-17-26(18-15-24)37-27-19-21-32-31-11-5-7-13-35(31)39-36(32)23-27;1-2-10-26(11-3-1)36-31-19-23-9-5-4-8-22(23)18-30(31)27-16-14-24(20-32(27)36)35-25-15-17-29-28-12-6-7-13-33(28)37-34(29)21-25;1-3-10-21(11-4-1)29-22-16-18-26-25(19-22)28-24-14-8-7-9-20(24)15-17-27(28)30(26)23-12-5-2-6-13-23/h1-23,37H;1-21,35H;1-19,29H. The van der Waals surface area contributed by atoms with Crippen LogP contribution in [0.3, 0.4) is 0 Å². The maximum absolute atomic E-state index is 6.06. The number of hydrogen-bond donors (Lipinski definition) is 3. The summed E-state index contributed by atoms with van der Waals surface area (Å²) in [7, 11) is 0. The van der Waals surface area contributed by atoms with Crippen molar-refractivity contribution in [1.29, 1.82) is 0 Å². The number of rotatable bonds is 10. The fourth-order valence-corrected chi connectivity index (χ4v) is 16.9. The molecule has 0 spiro atoms. The molecule has 0 aliphatic carbocycles. The molecule has 106 heavy (non-hydrogen) atoms. The smallest absolute Gasteiger partial charge is 0.137 e. The zero-order chi connectivity index (χ0) is 70.0. The molecule has 0 saturated heterocycles. The molecule has 22 rings (SSSR count). The molecule has 0 saturated carbocycles. The Morgan fingerprint density at radius 3 is 1.38 bits per heavy atom. The molecular weight excluding hydrogens is 1310 g/mol. The Morgan fingerprint density at radius 1 is 0.208 bits per heavy atom. The number of aromatic nitrogens is 3. The van der Waals surface area contributed by atoms with E-state index in [1.54, 1.807) is 0 Å². The van der Waals surface area contributed by atoms with Gasteiger partial charge in [-0.2, -0.15) is 0 Å². The molecule has 5 aromatic heterocycles. The van der Waals surface area contributed by atoms with Gasteiger partial charge in [-0.1, -0.05) is 218 Å². The number of anilines is 6. The second-order valence-electron chi connectivity index (χ2n) is 27.1. The van der Waals surface area contributed by atoms with Gasteiger partial charge in [0.05, 0.1) is 33.1 Å². The molecule has 7 nitrogen and oxygen atoms in total. The molecule has 5 heterocycles. The molecule has 0 radical (unpaired) electrons. The zero-order valence-corrected chi connectivity index (χ0v) is 58.3. The molecule has 0 bridgehead atoms. The SMILES string of the molecule is c1ccc(-n2c3cc(Nc4ccc5c(c4)sc4ccccc45)ccc3c3cc4ccccc4cc32)cc1.c1ccc(-n2c3ccccc3c3ccc(-c4ccc(Nc5ccc6c(c5)oc5ccccc56)cc4)cc32)cc1.c1ccc(Nc2ccc3c(c2)c2c4ccccc4ccc2n3-c2ccccc2)cc1. The van der Waals surface area contributed by atoms with Gasteiger partial charge in [-0.3, -0.25) is 0 Å². The van der Waals surface area contributed by atoms with Gasteiger partial charge in [-0.15, -0.1) is 11.3 Å². The minimum Gasteiger partial charge on any atom is -0.456 e. The maximum Gasteiger partial charge on any atom is 0.137 e. The van der Waals surface area contributed by atoms with Gasteiger partial charge in [0, 0.05) is 121 Å². The lowest BCUT2D eigenvalue weighted by Crippen LogP contribution is -1.95. The van der Waals surface area contributed by atoms with Crippen LogP contribution in [0.15, 0.2) is 387 Å². The average molecular weight is 1380 g/mol. The Morgan fingerprint density at radius 2 is 0.642 bits per heavy atom. The van der Waals surface area contributed by atoms with E-state index in [2.05, 4.69) is 388 Å². The fourth-order valence-electron chi connectivity index (χ4n) is 15.7. The average Bonchev–Trinajstić information content (AvgIpc) is 1.59. The van der Waals surface area contributed by atoms with Crippen LogP contribution in [0.2, 0.25) is 0 Å². The summed E-state index contributed by atoms with van der Waals surface area (Å²) >= 11 is 1.85. The summed E-state index contributed by atoms with van der Waals surface area (Å²) < 4.78 is 15.8. The number of nitrogens with one attached hydrogen (secondary N) is 3. The van der Waals surface area contributed by atoms with Crippen LogP contribution in [-0.2, 0) is 0 Å². The number of furan rings is 1.